The van der Waals surface area contributed by atoms with Crippen molar-refractivity contribution in [1.82, 2.24) is 5.32 Å². The summed E-state index contributed by atoms with van der Waals surface area (Å²) in [6.07, 6.45) is 8.81. The van der Waals surface area contributed by atoms with E-state index in [1.165, 1.54) is 37.4 Å². The van der Waals surface area contributed by atoms with Gasteiger partial charge in [-0.3, -0.25) is 9.59 Å². The van der Waals surface area contributed by atoms with Gasteiger partial charge < -0.3 is 15.0 Å². The number of hydrogen-bond acceptors (Lipinski definition) is 4. The van der Waals surface area contributed by atoms with Gasteiger partial charge in [0, 0.05) is 23.5 Å². The van der Waals surface area contributed by atoms with Gasteiger partial charge in [-0.05, 0) is 54.8 Å². The van der Waals surface area contributed by atoms with Crippen LogP contribution in [-0.2, 0) is 4.79 Å². The topological polar surface area (TPSA) is 58.6 Å². The Labute approximate surface area is 187 Å². The minimum Gasteiger partial charge on any atom is -0.497 e. The van der Waals surface area contributed by atoms with Gasteiger partial charge in [0.15, 0.2) is 0 Å². The van der Waals surface area contributed by atoms with E-state index in [4.69, 9.17) is 4.74 Å². The number of hydrogen-bond donors (Lipinski definition) is 1. The third-order valence-corrected chi connectivity index (χ3v) is 6.98. The van der Waals surface area contributed by atoms with Crippen LogP contribution in [-0.4, -0.2) is 32.0 Å². The first-order valence-electron chi connectivity index (χ1n) is 10.8. The second-order valence-corrected chi connectivity index (χ2v) is 9.18. The highest BCUT2D eigenvalue weighted by Gasteiger charge is 2.27. The van der Waals surface area contributed by atoms with Crippen molar-refractivity contribution in [1.29, 1.82) is 0 Å². The molecule has 1 aliphatic heterocycles. The second kappa shape index (κ2) is 9.60. The van der Waals surface area contributed by atoms with Gasteiger partial charge in [-0.15, -0.1) is 0 Å². The molecule has 1 fully saturated rings. The number of nitrogens with one attached hydrogen (secondary N) is 1. The highest BCUT2D eigenvalue weighted by molar-refractivity contribution is 8.04. The number of benzene rings is 2. The van der Waals surface area contributed by atoms with Gasteiger partial charge in [0.05, 0.1) is 17.7 Å². The molecule has 1 N–H and O–H groups in total. The number of methoxy groups -OCH3 is 1. The van der Waals surface area contributed by atoms with Crippen LogP contribution in [0.15, 0.2) is 52.3 Å². The predicted molar refractivity (Wildman–Crippen MR) is 126 cm³/mol. The van der Waals surface area contributed by atoms with Crippen molar-refractivity contribution >= 4 is 35.3 Å². The largest absolute Gasteiger partial charge is 0.497 e. The molecule has 0 atom stereocenters. The molecule has 1 saturated carbocycles. The van der Waals surface area contributed by atoms with Crippen LogP contribution < -0.4 is 15.0 Å². The minimum absolute atomic E-state index is 0.0572. The molecule has 1 aliphatic carbocycles. The number of amides is 2. The van der Waals surface area contributed by atoms with E-state index in [9.17, 15) is 9.59 Å². The summed E-state index contributed by atoms with van der Waals surface area (Å²) in [5.74, 6) is 0.612. The first-order chi connectivity index (χ1) is 15.0. The molecular weight excluding hydrogens is 408 g/mol. The third kappa shape index (κ3) is 4.96. The Morgan fingerprint density at radius 1 is 1.13 bits per heavy atom. The average Bonchev–Trinajstić information content (AvgIpc) is 3.06. The maximum atomic E-state index is 13.0. The van der Waals surface area contributed by atoms with Crippen LogP contribution >= 0.6 is 11.8 Å². The number of carbonyl (C=O) groups is 2. The summed E-state index contributed by atoms with van der Waals surface area (Å²) in [7, 11) is 3.38. The fraction of sp³-hybridized carbons (Fsp3) is 0.360. The van der Waals surface area contributed by atoms with Gasteiger partial charge in [-0.25, -0.2) is 0 Å². The first kappa shape index (κ1) is 21.5. The molecule has 2 aliphatic rings. The van der Waals surface area contributed by atoms with Crippen molar-refractivity contribution in [2.24, 2.45) is 0 Å². The molecule has 0 aromatic heterocycles. The number of ether oxygens (including phenoxy) is 1. The summed E-state index contributed by atoms with van der Waals surface area (Å²) in [6.45, 7) is 0. The SMILES string of the molecule is COc1cccc(C=C2Sc3ccc(C(=O)NC4CCCCCC4)cc3N(C)C2=O)c1. The molecule has 0 unspecified atom stereocenters. The summed E-state index contributed by atoms with van der Waals surface area (Å²) < 4.78 is 5.28. The molecule has 0 saturated heterocycles. The Morgan fingerprint density at radius 2 is 1.90 bits per heavy atom. The molecule has 2 aromatic carbocycles. The minimum atomic E-state index is -0.0818. The third-order valence-electron chi connectivity index (χ3n) is 5.90. The fourth-order valence-electron chi connectivity index (χ4n) is 4.11. The van der Waals surface area contributed by atoms with Crippen LogP contribution in [0.2, 0.25) is 0 Å². The van der Waals surface area contributed by atoms with E-state index < -0.39 is 0 Å². The van der Waals surface area contributed by atoms with Gasteiger partial charge in [-0.2, -0.15) is 0 Å². The standard InChI is InChI=1S/C25H28N2O3S/c1-27-21-16-18(24(28)26-19-9-5-3-4-6-10-19)12-13-22(21)31-23(25(27)29)15-17-8-7-11-20(14-17)30-2/h7-8,11-16,19H,3-6,9-10H2,1-2H3,(H,26,28). The molecule has 31 heavy (non-hydrogen) atoms. The number of nitrogens with zero attached hydrogens (tertiary/aromatic N) is 1. The summed E-state index contributed by atoms with van der Waals surface area (Å²) in [4.78, 5) is 29.0. The molecule has 4 rings (SSSR count). The lowest BCUT2D eigenvalue weighted by Gasteiger charge is -2.27. The molecule has 2 aromatic rings. The van der Waals surface area contributed by atoms with E-state index in [1.54, 1.807) is 19.1 Å². The van der Waals surface area contributed by atoms with Crippen LogP contribution in [0.25, 0.3) is 6.08 Å². The smallest absolute Gasteiger partial charge is 0.264 e. The van der Waals surface area contributed by atoms with Gasteiger partial charge in [0.25, 0.3) is 11.8 Å². The lowest BCUT2D eigenvalue weighted by Crippen LogP contribution is -2.35. The Bertz CT molecular complexity index is 1010. The van der Waals surface area contributed by atoms with Crippen LogP contribution in [0.3, 0.4) is 0 Å². The number of anilines is 1. The molecule has 0 spiro atoms. The molecule has 162 valence electrons. The summed E-state index contributed by atoms with van der Waals surface area (Å²) in [5, 5.41) is 3.19. The van der Waals surface area contributed by atoms with Crippen LogP contribution in [0.4, 0.5) is 5.69 Å². The molecule has 0 bridgehead atoms. The van der Waals surface area contributed by atoms with E-state index in [1.807, 2.05) is 48.5 Å². The Hall–Kier alpha value is -2.73. The van der Waals surface area contributed by atoms with E-state index in [2.05, 4.69) is 5.32 Å². The van der Waals surface area contributed by atoms with Gasteiger partial charge in [-0.1, -0.05) is 49.6 Å². The fourth-order valence-corrected chi connectivity index (χ4v) is 5.20. The Morgan fingerprint density at radius 3 is 2.65 bits per heavy atom. The zero-order chi connectivity index (χ0) is 21.8. The molecule has 6 heteroatoms. The quantitative estimate of drug-likeness (QED) is 0.525. The number of likely N-dealkylation sites (N-methyl/N-ethyl adjacent to an activating group) is 1. The van der Waals surface area contributed by atoms with Crippen LogP contribution in [0, 0.1) is 0 Å². The Kier molecular flexibility index (Phi) is 6.66. The molecule has 5 nitrogen and oxygen atoms in total. The predicted octanol–water partition coefficient (Wildman–Crippen LogP) is 5.26. The maximum absolute atomic E-state index is 13.0. The van der Waals surface area contributed by atoms with Gasteiger partial charge >= 0.3 is 0 Å². The van der Waals surface area contributed by atoms with E-state index in [-0.39, 0.29) is 17.9 Å². The highest BCUT2D eigenvalue weighted by atomic mass is 32.2. The molecule has 2 amide bonds. The lowest BCUT2D eigenvalue weighted by molar-refractivity contribution is -0.114. The van der Waals surface area contributed by atoms with Crippen molar-refractivity contribution in [2.75, 3.05) is 19.1 Å². The molecular formula is C25H28N2O3S. The van der Waals surface area contributed by atoms with Crippen molar-refractivity contribution < 1.29 is 14.3 Å². The van der Waals surface area contributed by atoms with Gasteiger partial charge in [0.2, 0.25) is 0 Å². The Balaban J connectivity index is 1.54. The van der Waals surface area contributed by atoms with Crippen molar-refractivity contribution in [3.63, 3.8) is 0 Å². The normalized spacial score (nSPS) is 18.5. The average molecular weight is 437 g/mol. The lowest BCUT2D eigenvalue weighted by atomic mass is 10.1. The summed E-state index contributed by atoms with van der Waals surface area (Å²) >= 11 is 1.43. The van der Waals surface area contributed by atoms with Crippen molar-refractivity contribution in [3.8, 4) is 5.75 Å². The monoisotopic (exact) mass is 436 g/mol. The van der Waals surface area contributed by atoms with E-state index in [0.29, 0.717) is 10.5 Å². The summed E-state index contributed by atoms with van der Waals surface area (Å²) in [6, 6.07) is 13.5. The highest BCUT2D eigenvalue weighted by Crippen LogP contribution is 2.42. The first-order valence-corrected chi connectivity index (χ1v) is 11.6. The van der Waals surface area contributed by atoms with E-state index in [0.717, 1.165) is 34.7 Å². The second-order valence-electron chi connectivity index (χ2n) is 8.10. The number of thioether (sulfide) groups is 1. The van der Waals surface area contributed by atoms with E-state index >= 15 is 0 Å². The maximum Gasteiger partial charge on any atom is 0.264 e. The number of rotatable bonds is 4. The summed E-state index contributed by atoms with van der Waals surface area (Å²) in [5.41, 5.74) is 2.28. The van der Waals surface area contributed by atoms with Gasteiger partial charge in [0.1, 0.15) is 5.75 Å². The van der Waals surface area contributed by atoms with Crippen molar-refractivity contribution in [2.45, 2.75) is 49.5 Å². The van der Waals surface area contributed by atoms with Crippen molar-refractivity contribution in [3.05, 3.63) is 58.5 Å². The number of carbonyl (C=O) groups excluding carboxylic acids is 2. The molecule has 1 heterocycles. The number of fused-ring (bicyclic) bond motifs is 1. The van der Waals surface area contributed by atoms with Crippen LogP contribution in [0.5, 0.6) is 5.75 Å². The van der Waals surface area contributed by atoms with Crippen LogP contribution in [0.1, 0.15) is 54.4 Å². The zero-order valence-corrected chi connectivity index (χ0v) is 18.8. The molecule has 0 radical (unpaired) electrons. The zero-order valence-electron chi connectivity index (χ0n) is 18.0.